The molecule has 106 valence electrons. The number of hydrogen-bond acceptors (Lipinski definition) is 2. The third-order valence-electron chi connectivity index (χ3n) is 4.01. The SMILES string of the molecule is CCNC1CCCN(C(C)Cc2ccc(F)cc2)C1. The minimum atomic E-state index is -0.151. The zero-order chi connectivity index (χ0) is 13.7. The first-order valence-corrected chi connectivity index (χ1v) is 7.41. The Kier molecular flexibility index (Phi) is 5.34. The summed E-state index contributed by atoms with van der Waals surface area (Å²) in [5.74, 6) is -0.151. The summed E-state index contributed by atoms with van der Waals surface area (Å²) in [6.45, 7) is 7.81. The van der Waals surface area contributed by atoms with E-state index in [1.54, 1.807) is 12.1 Å². The second-order valence-corrected chi connectivity index (χ2v) is 5.57. The van der Waals surface area contributed by atoms with Crippen molar-refractivity contribution in [2.45, 2.75) is 45.2 Å². The average Bonchev–Trinajstić information content (AvgIpc) is 2.42. The summed E-state index contributed by atoms with van der Waals surface area (Å²) >= 11 is 0. The predicted molar refractivity (Wildman–Crippen MR) is 77.8 cm³/mol. The zero-order valence-electron chi connectivity index (χ0n) is 12.0. The predicted octanol–water partition coefficient (Wildman–Crippen LogP) is 2.83. The van der Waals surface area contributed by atoms with Crippen LogP contribution in [0.1, 0.15) is 32.3 Å². The fraction of sp³-hybridized carbons (Fsp3) is 0.625. The summed E-state index contributed by atoms with van der Waals surface area (Å²) < 4.78 is 12.9. The topological polar surface area (TPSA) is 15.3 Å². The van der Waals surface area contributed by atoms with Gasteiger partial charge >= 0.3 is 0 Å². The summed E-state index contributed by atoms with van der Waals surface area (Å²) in [6, 6.07) is 8.07. The van der Waals surface area contributed by atoms with Crippen molar-refractivity contribution < 1.29 is 4.39 Å². The molecular formula is C16H25FN2. The third-order valence-corrected chi connectivity index (χ3v) is 4.01. The first-order valence-electron chi connectivity index (χ1n) is 7.41. The molecule has 1 aromatic rings. The molecule has 0 radical (unpaired) electrons. The molecule has 1 saturated heterocycles. The third kappa shape index (κ3) is 4.29. The number of nitrogens with one attached hydrogen (secondary N) is 1. The standard InChI is InChI=1S/C16H25FN2/c1-3-18-16-5-4-10-19(12-16)13(2)11-14-6-8-15(17)9-7-14/h6-9,13,16,18H,3-5,10-12H2,1-2H3. The van der Waals surface area contributed by atoms with Crippen molar-refractivity contribution in [3.05, 3.63) is 35.6 Å². The molecular weight excluding hydrogens is 239 g/mol. The van der Waals surface area contributed by atoms with E-state index in [1.807, 2.05) is 12.1 Å². The quantitative estimate of drug-likeness (QED) is 0.880. The van der Waals surface area contributed by atoms with Gasteiger partial charge in [-0.3, -0.25) is 4.90 Å². The first kappa shape index (κ1) is 14.5. The average molecular weight is 264 g/mol. The molecule has 1 heterocycles. The van der Waals surface area contributed by atoms with Gasteiger partial charge < -0.3 is 5.32 Å². The largest absolute Gasteiger partial charge is 0.313 e. The summed E-state index contributed by atoms with van der Waals surface area (Å²) in [5.41, 5.74) is 1.22. The lowest BCUT2D eigenvalue weighted by Crippen LogP contribution is -2.49. The number of likely N-dealkylation sites (N-methyl/N-ethyl adjacent to an activating group) is 1. The van der Waals surface area contributed by atoms with Crippen LogP contribution in [0.4, 0.5) is 4.39 Å². The van der Waals surface area contributed by atoms with E-state index >= 15 is 0 Å². The molecule has 1 aliphatic rings. The molecule has 0 bridgehead atoms. The second-order valence-electron chi connectivity index (χ2n) is 5.57. The van der Waals surface area contributed by atoms with Gasteiger partial charge in [-0.25, -0.2) is 4.39 Å². The maximum atomic E-state index is 12.9. The summed E-state index contributed by atoms with van der Waals surface area (Å²) in [6.07, 6.45) is 3.55. The van der Waals surface area contributed by atoms with E-state index in [9.17, 15) is 4.39 Å². The molecule has 1 N–H and O–H groups in total. The van der Waals surface area contributed by atoms with Gasteiger partial charge in [-0.1, -0.05) is 19.1 Å². The van der Waals surface area contributed by atoms with Crippen LogP contribution < -0.4 is 5.32 Å². The number of halogens is 1. The van der Waals surface area contributed by atoms with Crippen molar-refractivity contribution >= 4 is 0 Å². The van der Waals surface area contributed by atoms with Crippen LogP contribution in [0.3, 0.4) is 0 Å². The van der Waals surface area contributed by atoms with Crippen LogP contribution in [-0.4, -0.2) is 36.6 Å². The molecule has 2 atom stereocenters. The van der Waals surface area contributed by atoms with E-state index < -0.39 is 0 Å². The molecule has 0 spiro atoms. The van der Waals surface area contributed by atoms with Gasteiger partial charge in [0.05, 0.1) is 0 Å². The first-order chi connectivity index (χ1) is 9.19. The van der Waals surface area contributed by atoms with Gasteiger partial charge in [0.2, 0.25) is 0 Å². The molecule has 2 nitrogen and oxygen atoms in total. The molecule has 1 fully saturated rings. The molecule has 2 rings (SSSR count). The molecule has 0 aromatic heterocycles. The Morgan fingerprint density at radius 1 is 1.37 bits per heavy atom. The Morgan fingerprint density at radius 2 is 2.11 bits per heavy atom. The lowest BCUT2D eigenvalue weighted by Gasteiger charge is -2.37. The number of hydrogen-bond donors (Lipinski definition) is 1. The minimum Gasteiger partial charge on any atom is -0.313 e. The Balaban J connectivity index is 1.88. The van der Waals surface area contributed by atoms with Gasteiger partial charge in [0.1, 0.15) is 5.82 Å². The van der Waals surface area contributed by atoms with Crippen molar-refractivity contribution in [1.29, 1.82) is 0 Å². The van der Waals surface area contributed by atoms with E-state index in [0.29, 0.717) is 12.1 Å². The van der Waals surface area contributed by atoms with Gasteiger partial charge in [-0.15, -0.1) is 0 Å². The Hall–Kier alpha value is -0.930. The highest BCUT2D eigenvalue weighted by molar-refractivity contribution is 5.17. The molecule has 0 saturated carbocycles. The normalized spacial score (nSPS) is 22.4. The van der Waals surface area contributed by atoms with E-state index in [4.69, 9.17) is 0 Å². The minimum absolute atomic E-state index is 0.151. The van der Waals surface area contributed by atoms with Crippen molar-refractivity contribution in [1.82, 2.24) is 10.2 Å². The van der Waals surface area contributed by atoms with Crippen molar-refractivity contribution in [2.75, 3.05) is 19.6 Å². The summed E-state index contributed by atoms with van der Waals surface area (Å²) in [4.78, 5) is 2.56. The maximum Gasteiger partial charge on any atom is 0.123 e. The Bertz CT molecular complexity index is 375. The van der Waals surface area contributed by atoms with Crippen molar-refractivity contribution in [3.63, 3.8) is 0 Å². The fourth-order valence-corrected chi connectivity index (χ4v) is 2.95. The van der Waals surface area contributed by atoms with Crippen LogP contribution in [0.25, 0.3) is 0 Å². The molecule has 0 amide bonds. The number of nitrogens with zero attached hydrogens (tertiary/aromatic N) is 1. The summed E-state index contributed by atoms with van der Waals surface area (Å²) in [7, 11) is 0. The van der Waals surface area contributed by atoms with Gasteiger partial charge in [0.15, 0.2) is 0 Å². The van der Waals surface area contributed by atoms with Crippen LogP contribution in [-0.2, 0) is 6.42 Å². The van der Waals surface area contributed by atoms with Crippen molar-refractivity contribution in [2.24, 2.45) is 0 Å². The number of likely N-dealkylation sites (tertiary alicyclic amines) is 1. The van der Waals surface area contributed by atoms with Crippen molar-refractivity contribution in [3.8, 4) is 0 Å². The number of piperidine rings is 1. The van der Waals surface area contributed by atoms with Crippen LogP contribution in [0, 0.1) is 5.82 Å². The van der Waals surface area contributed by atoms with Gasteiger partial charge in [-0.2, -0.15) is 0 Å². The maximum absolute atomic E-state index is 12.9. The van der Waals surface area contributed by atoms with Crippen LogP contribution in [0.5, 0.6) is 0 Å². The second kappa shape index (κ2) is 7.01. The molecule has 1 aliphatic heterocycles. The lowest BCUT2D eigenvalue weighted by atomic mass is 10.0. The van der Waals surface area contributed by atoms with E-state index in [-0.39, 0.29) is 5.82 Å². The van der Waals surface area contributed by atoms with E-state index in [2.05, 4.69) is 24.1 Å². The van der Waals surface area contributed by atoms with Gasteiger partial charge in [0.25, 0.3) is 0 Å². The molecule has 0 aliphatic carbocycles. The monoisotopic (exact) mass is 264 g/mol. The van der Waals surface area contributed by atoms with Crippen LogP contribution in [0.2, 0.25) is 0 Å². The number of benzene rings is 1. The summed E-state index contributed by atoms with van der Waals surface area (Å²) in [5, 5.41) is 3.55. The Labute approximate surface area is 116 Å². The Morgan fingerprint density at radius 3 is 2.79 bits per heavy atom. The highest BCUT2D eigenvalue weighted by Gasteiger charge is 2.22. The molecule has 3 heteroatoms. The van der Waals surface area contributed by atoms with E-state index in [1.165, 1.54) is 24.9 Å². The zero-order valence-corrected chi connectivity index (χ0v) is 12.0. The van der Waals surface area contributed by atoms with Gasteiger partial charge in [0, 0.05) is 18.6 Å². The smallest absolute Gasteiger partial charge is 0.123 e. The highest BCUT2D eigenvalue weighted by atomic mass is 19.1. The fourth-order valence-electron chi connectivity index (χ4n) is 2.95. The lowest BCUT2D eigenvalue weighted by molar-refractivity contribution is 0.146. The highest BCUT2D eigenvalue weighted by Crippen LogP contribution is 2.16. The van der Waals surface area contributed by atoms with E-state index in [0.717, 1.165) is 19.5 Å². The molecule has 19 heavy (non-hydrogen) atoms. The van der Waals surface area contributed by atoms with Crippen LogP contribution >= 0.6 is 0 Å². The molecule has 2 unspecified atom stereocenters. The van der Waals surface area contributed by atoms with Crippen LogP contribution in [0.15, 0.2) is 24.3 Å². The molecule has 1 aromatic carbocycles. The van der Waals surface area contributed by atoms with Gasteiger partial charge in [-0.05, 0) is 57.0 Å². The number of rotatable bonds is 5.